The van der Waals surface area contributed by atoms with Gasteiger partial charge in [-0.3, -0.25) is 4.79 Å². The van der Waals surface area contributed by atoms with Gasteiger partial charge < -0.3 is 20.4 Å². The molecule has 0 aromatic heterocycles. The van der Waals surface area contributed by atoms with Gasteiger partial charge in [-0.15, -0.1) is 0 Å². The molecule has 5 nitrogen and oxygen atoms in total. The van der Waals surface area contributed by atoms with Crippen molar-refractivity contribution in [3.63, 3.8) is 0 Å². The van der Waals surface area contributed by atoms with Gasteiger partial charge in [-0.25, -0.2) is 0 Å². The van der Waals surface area contributed by atoms with Crippen LogP contribution in [0.2, 0.25) is 0 Å². The van der Waals surface area contributed by atoms with Crippen molar-refractivity contribution < 1.29 is 25.2 Å². The molecule has 5 heteroatoms. The minimum atomic E-state index is -0.966. The monoisotopic (exact) mass is 328 g/mol. The van der Waals surface area contributed by atoms with Crippen LogP contribution in [0.3, 0.4) is 0 Å². The molecule has 0 amide bonds. The SMILES string of the molecule is CC/C=C\C[C@H](O)/C=C/[C@H](O)[C@@H](O)CCCCCCCC(=O)O. The summed E-state index contributed by atoms with van der Waals surface area (Å²) in [6.07, 6.45) is 10.7. The topological polar surface area (TPSA) is 98.0 Å². The van der Waals surface area contributed by atoms with E-state index >= 15 is 0 Å². The molecule has 0 heterocycles. The Balaban J connectivity index is 3.74. The Morgan fingerprint density at radius 1 is 0.957 bits per heavy atom. The highest BCUT2D eigenvalue weighted by Crippen LogP contribution is 2.11. The van der Waals surface area contributed by atoms with E-state index in [2.05, 4.69) is 0 Å². The maximum Gasteiger partial charge on any atom is 0.303 e. The van der Waals surface area contributed by atoms with E-state index in [1.807, 2.05) is 19.1 Å². The number of carboxylic acid groups (broad SMARTS) is 1. The average Bonchev–Trinajstić information content (AvgIpc) is 2.51. The van der Waals surface area contributed by atoms with Gasteiger partial charge in [-0.05, 0) is 25.7 Å². The summed E-state index contributed by atoms with van der Waals surface area (Å²) in [6, 6.07) is 0. The first-order valence-electron chi connectivity index (χ1n) is 8.56. The molecule has 0 fully saturated rings. The summed E-state index contributed by atoms with van der Waals surface area (Å²) in [5, 5.41) is 37.8. The largest absolute Gasteiger partial charge is 0.481 e. The molecule has 0 aliphatic rings. The number of unbranched alkanes of at least 4 members (excludes halogenated alkanes) is 4. The number of hydrogen-bond donors (Lipinski definition) is 4. The highest BCUT2D eigenvalue weighted by atomic mass is 16.4. The zero-order chi connectivity index (χ0) is 17.5. The fourth-order valence-corrected chi connectivity index (χ4v) is 2.18. The first-order valence-corrected chi connectivity index (χ1v) is 8.56. The maximum atomic E-state index is 10.3. The predicted molar refractivity (Wildman–Crippen MR) is 91.2 cm³/mol. The number of aliphatic hydroxyl groups is 3. The molecule has 0 aromatic carbocycles. The van der Waals surface area contributed by atoms with Gasteiger partial charge in [0.05, 0.1) is 18.3 Å². The molecule has 0 aliphatic heterocycles. The molecule has 0 bridgehead atoms. The molecule has 0 rings (SSSR count). The minimum absolute atomic E-state index is 0.210. The fraction of sp³-hybridized carbons (Fsp3) is 0.722. The zero-order valence-electron chi connectivity index (χ0n) is 14.1. The molecule has 0 spiro atoms. The van der Waals surface area contributed by atoms with Crippen molar-refractivity contribution in [1.29, 1.82) is 0 Å². The van der Waals surface area contributed by atoms with Crippen LogP contribution in [-0.4, -0.2) is 44.7 Å². The molecule has 0 saturated heterocycles. The number of carbonyl (C=O) groups is 1. The summed E-state index contributed by atoms with van der Waals surface area (Å²) in [5.41, 5.74) is 0. The second kappa shape index (κ2) is 14.4. The molecule has 0 aliphatic carbocycles. The van der Waals surface area contributed by atoms with Gasteiger partial charge >= 0.3 is 5.97 Å². The molecular weight excluding hydrogens is 296 g/mol. The molecule has 4 N–H and O–H groups in total. The lowest BCUT2D eigenvalue weighted by Gasteiger charge is -2.14. The molecule has 134 valence electrons. The third kappa shape index (κ3) is 14.2. The van der Waals surface area contributed by atoms with Gasteiger partial charge in [0, 0.05) is 6.42 Å². The van der Waals surface area contributed by atoms with Crippen LogP contribution in [0.15, 0.2) is 24.3 Å². The summed E-state index contributed by atoms with van der Waals surface area (Å²) in [4.78, 5) is 10.3. The maximum absolute atomic E-state index is 10.3. The molecule has 23 heavy (non-hydrogen) atoms. The summed E-state index contributed by atoms with van der Waals surface area (Å²) < 4.78 is 0. The first-order chi connectivity index (χ1) is 11.0. The Hall–Kier alpha value is -1.17. The lowest BCUT2D eigenvalue weighted by molar-refractivity contribution is -0.137. The van der Waals surface area contributed by atoms with Crippen molar-refractivity contribution in [1.82, 2.24) is 0 Å². The highest BCUT2D eigenvalue weighted by Gasteiger charge is 2.13. The van der Waals surface area contributed by atoms with Crippen LogP contribution < -0.4 is 0 Å². The molecule has 0 saturated carbocycles. The number of allylic oxidation sites excluding steroid dienone is 1. The van der Waals surface area contributed by atoms with Crippen molar-refractivity contribution in [2.45, 2.75) is 83.0 Å². The van der Waals surface area contributed by atoms with E-state index in [-0.39, 0.29) is 6.42 Å². The second-order valence-electron chi connectivity index (χ2n) is 5.83. The normalized spacial score (nSPS) is 16.0. The number of rotatable bonds is 14. The van der Waals surface area contributed by atoms with E-state index < -0.39 is 24.3 Å². The van der Waals surface area contributed by atoms with Crippen molar-refractivity contribution >= 4 is 5.97 Å². The lowest BCUT2D eigenvalue weighted by Crippen LogP contribution is -2.24. The van der Waals surface area contributed by atoms with Gasteiger partial charge in [-0.2, -0.15) is 0 Å². The third-order valence-electron chi connectivity index (χ3n) is 3.60. The van der Waals surface area contributed by atoms with E-state index in [1.54, 1.807) is 0 Å². The number of hydrogen-bond acceptors (Lipinski definition) is 4. The van der Waals surface area contributed by atoms with Crippen molar-refractivity contribution in [3.8, 4) is 0 Å². The van der Waals surface area contributed by atoms with Crippen LogP contribution >= 0.6 is 0 Å². The molecule has 3 atom stereocenters. The van der Waals surface area contributed by atoms with Crippen molar-refractivity contribution in [2.24, 2.45) is 0 Å². The summed E-state index contributed by atoms with van der Waals surface area (Å²) >= 11 is 0. The Bertz CT molecular complexity index is 351. The number of carboxylic acids is 1. The number of aliphatic hydroxyl groups excluding tert-OH is 3. The summed E-state index contributed by atoms with van der Waals surface area (Å²) in [5.74, 6) is -0.761. The Morgan fingerprint density at radius 2 is 1.61 bits per heavy atom. The highest BCUT2D eigenvalue weighted by molar-refractivity contribution is 5.66. The van der Waals surface area contributed by atoms with Crippen LogP contribution in [0.4, 0.5) is 0 Å². The van der Waals surface area contributed by atoms with Gasteiger partial charge in [0.15, 0.2) is 0 Å². The predicted octanol–water partition coefficient (Wildman–Crippen LogP) is 2.80. The smallest absolute Gasteiger partial charge is 0.303 e. The number of aliphatic carboxylic acids is 1. The quantitative estimate of drug-likeness (QED) is 0.290. The molecule has 0 unspecified atom stereocenters. The van der Waals surface area contributed by atoms with E-state index in [4.69, 9.17) is 5.11 Å². The Kier molecular flexibility index (Phi) is 13.7. The van der Waals surface area contributed by atoms with E-state index in [1.165, 1.54) is 12.2 Å². The van der Waals surface area contributed by atoms with Crippen LogP contribution in [-0.2, 0) is 4.79 Å². The third-order valence-corrected chi connectivity index (χ3v) is 3.60. The molecular formula is C18H32O5. The minimum Gasteiger partial charge on any atom is -0.481 e. The van der Waals surface area contributed by atoms with Crippen LogP contribution in [0.5, 0.6) is 0 Å². The summed E-state index contributed by atoms with van der Waals surface area (Å²) in [6.45, 7) is 2.02. The van der Waals surface area contributed by atoms with Gasteiger partial charge in [0.1, 0.15) is 0 Å². The van der Waals surface area contributed by atoms with Gasteiger partial charge in [-0.1, -0.05) is 56.9 Å². The second-order valence-corrected chi connectivity index (χ2v) is 5.83. The van der Waals surface area contributed by atoms with Crippen LogP contribution in [0, 0.1) is 0 Å². The molecule has 0 aromatic rings. The van der Waals surface area contributed by atoms with Gasteiger partial charge in [0.25, 0.3) is 0 Å². The fourth-order valence-electron chi connectivity index (χ4n) is 2.18. The van der Waals surface area contributed by atoms with Gasteiger partial charge in [0.2, 0.25) is 0 Å². The average molecular weight is 328 g/mol. The first kappa shape index (κ1) is 21.8. The van der Waals surface area contributed by atoms with E-state index in [0.29, 0.717) is 19.3 Å². The Labute approximate surface area is 139 Å². The standard InChI is InChI=1S/C18H32O5/c1-2-3-7-10-15(19)13-14-17(21)16(20)11-8-5-4-6-9-12-18(22)23/h3,7,13-17,19-21H,2,4-6,8-12H2,1H3,(H,22,23)/b7-3-,14-13+/t15-,16-,17-/m0/s1. The van der Waals surface area contributed by atoms with E-state index in [0.717, 1.165) is 32.1 Å². The lowest BCUT2D eigenvalue weighted by atomic mass is 10.0. The van der Waals surface area contributed by atoms with Crippen LogP contribution in [0.1, 0.15) is 64.7 Å². The van der Waals surface area contributed by atoms with Crippen molar-refractivity contribution in [2.75, 3.05) is 0 Å². The summed E-state index contributed by atoms with van der Waals surface area (Å²) in [7, 11) is 0. The van der Waals surface area contributed by atoms with E-state index in [9.17, 15) is 20.1 Å². The Morgan fingerprint density at radius 3 is 2.26 bits per heavy atom. The van der Waals surface area contributed by atoms with Crippen molar-refractivity contribution in [3.05, 3.63) is 24.3 Å². The molecule has 0 radical (unpaired) electrons. The zero-order valence-corrected chi connectivity index (χ0v) is 14.1. The van der Waals surface area contributed by atoms with Crippen LogP contribution in [0.25, 0.3) is 0 Å².